The Kier molecular flexibility index (Phi) is 4.72. The fourth-order valence-corrected chi connectivity index (χ4v) is 3.65. The second kappa shape index (κ2) is 7.47. The van der Waals surface area contributed by atoms with E-state index in [0.717, 1.165) is 21.5 Å². The summed E-state index contributed by atoms with van der Waals surface area (Å²) in [5, 5.41) is 14.8. The van der Waals surface area contributed by atoms with E-state index < -0.39 is 5.97 Å². The summed E-state index contributed by atoms with van der Waals surface area (Å²) >= 11 is 1.43. The van der Waals surface area contributed by atoms with Gasteiger partial charge in [-0.15, -0.1) is 0 Å². The van der Waals surface area contributed by atoms with Crippen LogP contribution in [0, 0.1) is 0 Å². The first kappa shape index (κ1) is 17.1. The zero-order chi connectivity index (χ0) is 18.6. The molecule has 0 aliphatic rings. The summed E-state index contributed by atoms with van der Waals surface area (Å²) in [6, 6.07) is 18.7. The van der Waals surface area contributed by atoms with Crippen LogP contribution in [0.4, 0.5) is 0 Å². The molecule has 4 rings (SSSR count). The lowest BCUT2D eigenvalue weighted by Crippen LogP contribution is -1.97. The number of aromatic nitrogens is 3. The molecule has 5 nitrogen and oxygen atoms in total. The van der Waals surface area contributed by atoms with Crippen LogP contribution >= 0.6 is 11.8 Å². The molecule has 0 amide bonds. The van der Waals surface area contributed by atoms with Crippen molar-refractivity contribution >= 4 is 40.9 Å². The summed E-state index contributed by atoms with van der Waals surface area (Å²) in [4.78, 5) is 17.3. The van der Waals surface area contributed by atoms with Crippen LogP contribution in [-0.2, 0) is 0 Å². The van der Waals surface area contributed by atoms with Crippen LogP contribution in [0.3, 0.4) is 0 Å². The Balaban J connectivity index is 1.66. The molecular formula is C21H15N3O2S. The fraction of sp³-hybridized carbons (Fsp3) is 0. The van der Waals surface area contributed by atoms with E-state index in [1.807, 2.05) is 60.8 Å². The molecule has 27 heavy (non-hydrogen) atoms. The topological polar surface area (TPSA) is 68.0 Å². The van der Waals surface area contributed by atoms with E-state index in [2.05, 4.69) is 10.1 Å². The Labute approximate surface area is 160 Å². The van der Waals surface area contributed by atoms with Crippen LogP contribution < -0.4 is 0 Å². The second-order valence-corrected chi connectivity index (χ2v) is 6.90. The van der Waals surface area contributed by atoms with Gasteiger partial charge in [0.2, 0.25) is 0 Å². The number of carboxylic acids is 1. The summed E-state index contributed by atoms with van der Waals surface area (Å²) in [7, 11) is 0. The van der Waals surface area contributed by atoms with Gasteiger partial charge >= 0.3 is 5.97 Å². The molecule has 0 saturated heterocycles. The molecule has 2 heterocycles. The molecule has 4 aromatic rings. The SMILES string of the molecule is O=C(O)c1ccccc1Sc1ccc2cnn(C=Cc3ccccn3)c2c1. The molecule has 132 valence electrons. The van der Waals surface area contributed by atoms with Crippen LogP contribution in [0.1, 0.15) is 16.1 Å². The van der Waals surface area contributed by atoms with Gasteiger partial charge in [0.05, 0.1) is 23.0 Å². The molecule has 0 aliphatic carbocycles. The first-order chi connectivity index (χ1) is 13.2. The van der Waals surface area contributed by atoms with Gasteiger partial charge in [0, 0.05) is 27.6 Å². The fourth-order valence-electron chi connectivity index (χ4n) is 2.68. The zero-order valence-electron chi connectivity index (χ0n) is 14.2. The van der Waals surface area contributed by atoms with Crippen LogP contribution in [0.25, 0.3) is 23.2 Å². The Hall–Kier alpha value is -3.38. The standard InChI is InChI=1S/C21H15N3O2S/c25-21(26)18-6-1-2-7-20(18)27-17-9-8-15-14-23-24(19(15)13-17)12-10-16-5-3-4-11-22-16/h1-14H,(H,25,26). The van der Waals surface area contributed by atoms with E-state index in [1.54, 1.807) is 29.2 Å². The molecule has 6 heteroatoms. The minimum absolute atomic E-state index is 0.297. The molecule has 2 aromatic heterocycles. The lowest BCUT2D eigenvalue weighted by molar-refractivity contribution is 0.0693. The van der Waals surface area contributed by atoms with Crippen LogP contribution in [0.5, 0.6) is 0 Å². The molecule has 0 fully saturated rings. The number of hydrogen-bond donors (Lipinski definition) is 1. The number of pyridine rings is 1. The third kappa shape index (κ3) is 3.75. The average molecular weight is 373 g/mol. The molecule has 0 atom stereocenters. The molecular weight excluding hydrogens is 358 g/mol. The van der Waals surface area contributed by atoms with E-state index in [0.29, 0.717) is 10.5 Å². The summed E-state index contributed by atoms with van der Waals surface area (Å²) in [5.41, 5.74) is 2.09. The molecule has 0 unspecified atom stereocenters. The quantitative estimate of drug-likeness (QED) is 0.538. The van der Waals surface area contributed by atoms with Gasteiger partial charge in [-0.25, -0.2) is 9.48 Å². The maximum Gasteiger partial charge on any atom is 0.336 e. The van der Waals surface area contributed by atoms with Gasteiger partial charge in [-0.2, -0.15) is 5.10 Å². The lowest BCUT2D eigenvalue weighted by atomic mass is 10.2. The van der Waals surface area contributed by atoms with Crippen molar-refractivity contribution in [1.82, 2.24) is 14.8 Å². The first-order valence-electron chi connectivity index (χ1n) is 8.27. The number of benzene rings is 2. The minimum atomic E-state index is -0.928. The van der Waals surface area contributed by atoms with Gasteiger partial charge in [-0.05, 0) is 42.5 Å². The highest BCUT2D eigenvalue weighted by molar-refractivity contribution is 7.99. The highest BCUT2D eigenvalue weighted by Gasteiger charge is 2.11. The number of carbonyl (C=O) groups is 1. The Morgan fingerprint density at radius 2 is 1.93 bits per heavy atom. The van der Waals surface area contributed by atoms with E-state index >= 15 is 0 Å². The molecule has 1 N–H and O–H groups in total. The van der Waals surface area contributed by atoms with Crippen molar-refractivity contribution in [2.24, 2.45) is 0 Å². The van der Waals surface area contributed by atoms with Crippen molar-refractivity contribution in [2.45, 2.75) is 9.79 Å². The van der Waals surface area contributed by atoms with Gasteiger partial charge < -0.3 is 5.11 Å². The smallest absolute Gasteiger partial charge is 0.336 e. The van der Waals surface area contributed by atoms with E-state index in [9.17, 15) is 9.90 Å². The van der Waals surface area contributed by atoms with Crippen LogP contribution in [-0.4, -0.2) is 25.8 Å². The van der Waals surface area contributed by atoms with Gasteiger partial charge in [-0.1, -0.05) is 36.0 Å². The van der Waals surface area contributed by atoms with Gasteiger partial charge in [0.1, 0.15) is 0 Å². The normalized spacial score (nSPS) is 11.3. The maximum atomic E-state index is 11.4. The van der Waals surface area contributed by atoms with Gasteiger partial charge in [0.15, 0.2) is 0 Å². The zero-order valence-corrected chi connectivity index (χ0v) is 15.0. The van der Waals surface area contributed by atoms with E-state index in [4.69, 9.17) is 0 Å². The largest absolute Gasteiger partial charge is 0.478 e. The number of carboxylic acid groups (broad SMARTS) is 1. The maximum absolute atomic E-state index is 11.4. The average Bonchev–Trinajstić information content (AvgIpc) is 3.10. The highest BCUT2D eigenvalue weighted by Crippen LogP contribution is 2.32. The lowest BCUT2D eigenvalue weighted by Gasteiger charge is -2.06. The molecule has 0 saturated carbocycles. The number of fused-ring (bicyclic) bond motifs is 1. The summed E-state index contributed by atoms with van der Waals surface area (Å²) in [6.45, 7) is 0. The minimum Gasteiger partial charge on any atom is -0.478 e. The summed E-state index contributed by atoms with van der Waals surface area (Å²) in [6.07, 6.45) is 7.31. The molecule has 0 bridgehead atoms. The van der Waals surface area contributed by atoms with E-state index in [-0.39, 0.29) is 0 Å². The number of nitrogens with zero attached hydrogens (tertiary/aromatic N) is 3. The van der Waals surface area contributed by atoms with Crippen molar-refractivity contribution in [3.05, 3.63) is 84.3 Å². The van der Waals surface area contributed by atoms with Gasteiger partial charge in [0.25, 0.3) is 0 Å². The Morgan fingerprint density at radius 3 is 2.74 bits per heavy atom. The predicted molar refractivity (Wildman–Crippen MR) is 107 cm³/mol. The van der Waals surface area contributed by atoms with E-state index in [1.165, 1.54) is 11.8 Å². The first-order valence-corrected chi connectivity index (χ1v) is 9.09. The molecule has 0 spiro atoms. The Morgan fingerprint density at radius 1 is 1.07 bits per heavy atom. The van der Waals surface area contributed by atoms with Gasteiger partial charge in [-0.3, -0.25) is 4.98 Å². The number of hydrogen-bond acceptors (Lipinski definition) is 4. The van der Waals surface area contributed by atoms with Crippen LogP contribution in [0.15, 0.2) is 82.8 Å². The van der Waals surface area contributed by atoms with Crippen molar-refractivity contribution in [1.29, 1.82) is 0 Å². The van der Waals surface area contributed by atoms with Crippen molar-refractivity contribution in [3.8, 4) is 0 Å². The molecule has 2 aromatic carbocycles. The summed E-state index contributed by atoms with van der Waals surface area (Å²) in [5.74, 6) is -0.928. The third-order valence-corrected chi connectivity index (χ3v) is 5.06. The molecule has 0 radical (unpaired) electrons. The number of rotatable bonds is 5. The second-order valence-electron chi connectivity index (χ2n) is 5.78. The van der Waals surface area contributed by atoms with Crippen molar-refractivity contribution < 1.29 is 9.90 Å². The number of aromatic carboxylic acids is 1. The van der Waals surface area contributed by atoms with Crippen LogP contribution in [0.2, 0.25) is 0 Å². The monoisotopic (exact) mass is 373 g/mol. The Bertz CT molecular complexity index is 1140. The summed E-state index contributed by atoms with van der Waals surface area (Å²) < 4.78 is 1.79. The molecule has 0 aliphatic heterocycles. The third-order valence-electron chi connectivity index (χ3n) is 3.99. The van der Waals surface area contributed by atoms with Crippen molar-refractivity contribution in [2.75, 3.05) is 0 Å². The van der Waals surface area contributed by atoms with Crippen molar-refractivity contribution in [3.63, 3.8) is 0 Å². The predicted octanol–water partition coefficient (Wildman–Crippen LogP) is 4.91. The highest BCUT2D eigenvalue weighted by atomic mass is 32.2.